The number of fused-ring (bicyclic) bond motifs is 1. The Kier molecular flexibility index (Phi) is 4.15. The second-order valence-electron chi connectivity index (χ2n) is 5.99. The van der Waals surface area contributed by atoms with Gasteiger partial charge in [-0.3, -0.25) is 0 Å². The smallest absolute Gasteiger partial charge is 0.0116 e. The van der Waals surface area contributed by atoms with Crippen LogP contribution in [0.5, 0.6) is 0 Å². The molecule has 4 rings (SSSR count). The van der Waals surface area contributed by atoms with Crippen LogP contribution in [0.1, 0.15) is 5.56 Å². The Bertz CT molecular complexity index is 919. The largest absolute Gasteiger partial charge is 0.0622 e. The van der Waals surface area contributed by atoms with Gasteiger partial charge in [0.05, 0.1) is 0 Å². The van der Waals surface area contributed by atoms with E-state index in [0.29, 0.717) is 0 Å². The second kappa shape index (κ2) is 6.59. The van der Waals surface area contributed by atoms with Crippen LogP contribution in [0.25, 0.3) is 10.8 Å². The van der Waals surface area contributed by atoms with Crippen LogP contribution in [0.3, 0.4) is 0 Å². The maximum atomic E-state index is 2.39. The molecule has 0 bridgehead atoms. The average Bonchev–Trinajstić information content (AvgIpc) is 2.64. The lowest BCUT2D eigenvalue weighted by Crippen LogP contribution is -2.22. The van der Waals surface area contributed by atoms with Crippen LogP contribution in [-0.2, 0) is 0 Å². The third kappa shape index (κ3) is 2.86. The predicted molar refractivity (Wildman–Crippen MR) is 107 cm³/mol. The van der Waals surface area contributed by atoms with Crippen LogP contribution < -0.4 is 15.9 Å². The Morgan fingerprint density at radius 1 is 0.542 bits per heavy atom. The summed E-state index contributed by atoms with van der Waals surface area (Å²) in [5.74, 6) is 0. The van der Waals surface area contributed by atoms with Gasteiger partial charge in [-0.2, -0.15) is 0 Å². The maximum absolute atomic E-state index is 2.39. The highest BCUT2D eigenvalue weighted by atomic mass is 31.1. The van der Waals surface area contributed by atoms with Gasteiger partial charge in [0.25, 0.3) is 0 Å². The van der Waals surface area contributed by atoms with Crippen molar-refractivity contribution in [2.75, 3.05) is 0 Å². The molecule has 0 fully saturated rings. The molecule has 4 aromatic carbocycles. The quantitative estimate of drug-likeness (QED) is 0.469. The molecule has 0 aliphatic heterocycles. The third-order valence-corrected chi connectivity index (χ3v) is 6.93. The van der Waals surface area contributed by atoms with E-state index in [-0.39, 0.29) is 0 Å². The second-order valence-corrected chi connectivity index (χ2v) is 8.18. The van der Waals surface area contributed by atoms with E-state index in [1.807, 2.05) is 0 Å². The Hall–Kier alpha value is -2.43. The third-order valence-electron chi connectivity index (χ3n) is 4.33. The van der Waals surface area contributed by atoms with Crippen molar-refractivity contribution in [3.63, 3.8) is 0 Å². The molecule has 0 unspecified atom stereocenters. The molecule has 116 valence electrons. The molecule has 0 heterocycles. The molecule has 24 heavy (non-hydrogen) atoms. The fourth-order valence-electron chi connectivity index (χ4n) is 3.16. The highest BCUT2D eigenvalue weighted by Gasteiger charge is 2.18. The summed E-state index contributed by atoms with van der Waals surface area (Å²) < 4.78 is 0. The van der Waals surface area contributed by atoms with Crippen LogP contribution in [-0.4, -0.2) is 0 Å². The summed E-state index contributed by atoms with van der Waals surface area (Å²) in [6.45, 7) is 2.24. The number of hydrogen-bond donors (Lipinski definition) is 0. The molecule has 4 aromatic rings. The first-order chi connectivity index (χ1) is 11.8. The summed E-state index contributed by atoms with van der Waals surface area (Å²) in [6, 6.07) is 35.1. The molecule has 1 heteroatoms. The maximum Gasteiger partial charge on any atom is -0.0116 e. The van der Waals surface area contributed by atoms with Crippen LogP contribution in [0.2, 0.25) is 0 Å². The predicted octanol–water partition coefficient (Wildman–Crippen LogP) is 4.91. The molecule has 0 saturated carbocycles. The topological polar surface area (TPSA) is 0 Å². The summed E-state index contributed by atoms with van der Waals surface area (Å²) in [4.78, 5) is 0. The monoisotopic (exact) mass is 326 g/mol. The van der Waals surface area contributed by atoms with E-state index < -0.39 is 7.92 Å². The van der Waals surface area contributed by atoms with E-state index in [9.17, 15) is 0 Å². The van der Waals surface area contributed by atoms with Gasteiger partial charge in [0.2, 0.25) is 0 Å². The Morgan fingerprint density at radius 3 is 1.54 bits per heavy atom. The molecule has 0 atom stereocenters. The van der Waals surface area contributed by atoms with E-state index in [1.54, 1.807) is 0 Å². The fraction of sp³-hybridized carbons (Fsp3) is 0.0435. The molecule has 0 amide bonds. The highest BCUT2D eigenvalue weighted by molar-refractivity contribution is 7.79. The number of rotatable bonds is 3. The van der Waals surface area contributed by atoms with E-state index in [4.69, 9.17) is 0 Å². The minimum Gasteiger partial charge on any atom is -0.0622 e. The standard InChI is InChI=1S/C23H19P/c1-18-16-19-10-8-9-11-20(19)17-23(18)24(21-12-4-2-5-13-21)22-14-6-3-7-15-22/h2-17H,1H3. The summed E-state index contributed by atoms with van der Waals surface area (Å²) in [7, 11) is -0.540. The van der Waals surface area contributed by atoms with Crippen molar-refractivity contribution in [2.24, 2.45) is 0 Å². The first-order valence-corrected chi connectivity index (χ1v) is 9.57. The zero-order valence-electron chi connectivity index (χ0n) is 13.7. The zero-order chi connectivity index (χ0) is 16.4. The zero-order valence-corrected chi connectivity index (χ0v) is 14.6. The molecule has 0 aromatic heterocycles. The number of aryl methyl sites for hydroxylation is 1. The number of benzene rings is 4. The molecule has 0 aliphatic rings. The first-order valence-electron chi connectivity index (χ1n) is 8.22. The molecular weight excluding hydrogens is 307 g/mol. The molecule has 0 radical (unpaired) electrons. The van der Waals surface area contributed by atoms with E-state index in [2.05, 4.69) is 104 Å². The lowest BCUT2D eigenvalue weighted by Gasteiger charge is -2.22. The summed E-state index contributed by atoms with van der Waals surface area (Å²) in [5, 5.41) is 6.88. The molecule has 0 saturated heterocycles. The van der Waals surface area contributed by atoms with Gasteiger partial charge >= 0.3 is 0 Å². The van der Waals surface area contributed by atoms with Gasteiger partial charge in [-0.05, 0) is 53.2 Å². The Labute approximate surface area is 144 Å². The van der Waals surface area contributed by atoms with Crippen LogP contribution in [0.15, 0.2) is 97.1 Å². The molecular formula is C23H19P. The van der Waals surface area contributed by atoms with Gasteiger partial charge in [0.1, 0.15) is 0 Å². The van der Waals surface area contributed by atoms with E-state index in [1.165, 1.54) is 32.2 Å². The lowest BCUT2D eigenvalue weighted by molar-refractivity contribution is 1.55. The Morgan fingerprint density at radius 2 is 1.00 bits per heavy atom. The summed E-state index contributed by atoms with van der Waals surface area (Å²) in [5.41, 5.74) is 1.37. The van der Waals surface area contributed by atoms with E-state index in [0.717, 1.165) is 0 Å². The van der Waals surface area contributed by atoms with Gasteiger partial charge in [0.15, 0.2) is 0 Å². The lowest BCUT2D eigenvalue weighted by atomic mass is 10.1. The fourth-order valence-corrected chi connectivity index (χ4v) is 5.64. The minimum absolute atomic E-state index is 0.540. The summed E-state index contributed by atoms with van der Waals surface area (Å²) in [6.07, 6.45) is 0. The Balaban J connectivity index is 1.96. The van der Waals surface area contributed by atoms with Crippen molar-refractivity contribution in [3.8, 4) is 0 Å². The van der Waals surface area contributed by atoms with Crippen molar-refractivity contribution < 1.29 is 0 Å². The van der Waals surface area contributed by atoms with Crippen molar-refractivity contribution in [3.05, 3.63) is 103 Å². The number of hydrogen-bond acceptors (Lipinski definition) is 0. The van der Waals surface area contributed by atoms with Crippen LogP contribution in [0.4, 0.5) is 0 Å². The average molecular weight is 326 g/mol. The normalized spacial score (nSPS) is 11.1. The van der Waals surface area contributed by atoms with Gasteiger partial charge in [-0.15, -0.1) is 0 Å². The van der Waals surface area contributed by atoms with Crippen LogP contribution in [0, 0.1) is 6.92 Å². The van der Waals surface area contributed by atoms with Gasteiger partial charge in [-0.1, -0.05) is 91.0 Å². The van der Waals surface area contributed by atoms with Crippen molar-refractivity contribution in [1.29, 1.82) is 0 Å². The summed E-state index contributed by atoms with van der Waals surface area (Å²) >= 11 is 0. The molecule has 0 N–H and O–H groups in total. The van der Waals surface area contributed by atoms with Gasteiger partial charge < -0.3 is 0 Å². The van der Waals surface area contributed by atoms with Crippen molar-refractivity contribution in [2.45, 2.75) is 6.92 Å². The highest BCUT2D eigenvalue weighted by Crippen LogP contribution is 2.35. The van der Waals surface area contributed by atoms with Crippen molar-refractivity contribution in [1.82, 2.24) is 0 Å². The molecule has 0 spiro atoms. The van der Waals surface area contributed by atoms with Crippen LogP contribution >= 0.6 is 7.92 Å². The van der Waals surface area contributed by atoms with Crippen molar-refractivity contribution >= 4 is 34.6 Å². The van der Waals surface area contributed by atoms with Gasteiger partial charge in [0, 0.05) is 0 Å². The SMILES string of the molecule is Cc1cc2ccccc2cc1P(c1ccccc1)c1ccccc1. The van der Waals surface area contributed by atoms with E-state index >= 15 is 0 Å². The molecule has 0 nitrogen and oxygen atoms in total. The minimum atomic E-state index is -0.540. The first kappa shape index (κ1) is 15.1. The van der Waals surface area contributed by atoms with Gasteiger partial charge in [-0.25, -0.2) is 0 Å². The molecule has 0 aliphatic carbocycles.